The van der Waals surface area contributed by atoms with Crippen molar-refractivity contribution in [2.24, 2.45) is 11.7 Å². The van der Waals surface area contributed by atoms with Gasteiger partial charge in [-0.2, -0.15) is 12.7 Å². The van der Waals surface area contributed by atoms with Crippen molar-refractivity contribution in [1.82, 2.24) is 24.1 Å². The Hall–Kier alpha value is -3.34. The van der Waals surface area contributed by atoms with Crippen LogP contribution in [0.5, 0.6) is 0 Å². The van der Waals surface area contributed by atoms with Crippen molar-refractivity contribution in [3.63, 3.8) is 0 Å². The van der Waals surface area contributed by atoms with Crippen LogP contribution < -0.4 is 15.8 Å². The maximum atomic E-state index is 13.9. The number of halogens is 3. The number of hydrogen-bond acceptors (Lipinski definition) is 8. The molecule has 4 amide bonds. The number of fused-ring (bicyclic) bond motifs is 3. The first-order chi connectivity index (χ1) is 22.7. The van der Waals surface area contributed by atoms with Crippen LogP contribution in [0.25, 0.3) is 0 Å². The molecule has 4 aliphatic heterocycles. The van der Waals surface area contributed by atoms with E-state index in [1.807, 2.05) is 16.9 Å². The summed E-state index contributed by atoms with van der Waals surface area (Å²) in [5.41, 5.74) is 6.27. The molecule has 0 aromatic heterocycles. The van der Waals surface area contributed by atoms with Gasteiger partial charge in [-0.05, 0) is 42.9 Å². The Morgan fingerprint density at radius 3 is 2.67 bits per heavy atom. The van der Waals surface area contributed by atoms with E-state index in [0.717, 1.165) is 24.0 Å². The van der Waals surface area contributed by atoms with Gasteiger partial charge in [0.15, 0.2) is 0 Å². The third kappa shape index (κ3) is 7.03. The van der Waals surface area contributed by atoms with Gasteiger partial charge < -0.3 is 20.7 Å². The van der Waals surface area contributed by atoms with Crippen LogP contribution in [0, 0.1) is 5.92 Å². The minimum Gasteiger partial charge on any atom is -0.444 e. The molecule has 6 rings (SSSR count). The molecule has 5 atom stereocenters. The van der Waals surface area contributed by atoms with Crippen molar-refractivity contribution in [3.8, 4) is 0 Å². The van der Waals surface area contributed by atoms with Crippen LogP contribution in [0.3, 0.4) is 0 Å². The smallest absolute Gasteiger partial charge is 0.410 e. The number of nitrogens with zero attached hydrogens (tertiary/aromatic N) is 3. The molecule has 1 aliphatic carbocycles. The van der Waals surface area contributed by atoms with Crippen molar-refractivity contribution in [3.05, 3.63) is 46.5 Å². The highest BCUT2D eigenvalue weighted by molar-refractivity contribution is 7.87. The first kappa shape index (κ1) is 34.5. The van der Waals surface area contributed by atoms with Gasteiger partial charge in [0.25, 0.3) is 11.8 Å². The Balaban J connectivity index is 1.20. The molecule has 2 saturated heterocycles. The van der Waals surface area contributed by atoms with Gasteiger partial charge in [0.05, 0.1) is 25.7 Å². The molecule has 0 spiro atoms. The zero-order valence-electron chi connectivity index (χ0n) is 26.2. The number of amides is 4. The van der Waals surface area contributed by atoms with Gasteiger partial charge in [0.1, 0.15) is 17.7 Å². The zero-order chi connectivity index (χ0) is 34.4. The van der Waals surface area contributed by atoms with Crippen molar-refractivity contribution < 1.29 is 41.1 Å². The maximum absolute atomic E-state index is 13.9. The Morgan fingerprint density at radius 1 is 1.15 bits per heavy atom. The van der Waals surface area contributed by atoms with E-state index in [-0.39, 0.29) is 32.5 Å². The van der Waals surface area contributed by atoms with Gasteiger partial charge in [-0.15, -0.1) is 0 Å². The second-order valence-corrected chi connectivity index (χ2v) is 15.4. The van der Waals surface area contributed by atoms with Crippen molar-refractivity contribution in [2.45, 2.75) is 94.1 Å². The topological polar surface area (TPSA) is 171 Å². The van der Waals surface area contributed by atoms with E-state index in [2.05, 4.69) is 5.32 Å². The first-order valence-corrected chi connectivity index (χ1v) is 18.0. The minimum absolute atomic E-state index is 0.0590. The van der Waals surface area contributed by atoms with Crippen molar-refractivity contribution >= 4 is 45.6 Å². The molecule has 4 heterocycles. The Kier molecular flexibility index (Phi) is 9.47. The molecule has 1 aromatic carbocycles. The highest BCUT2D eigenvalue weighted by atomic mass is 35.5. The number of hydrogen-bond donors (Lipinski definition) is 3. The average Bonchev–Trinajstić information content (AvgIpc) is 3.36. The Morgan fingerprint density at radius 2 is 1.94 bits per heavy atom. The molecule has 5 aliphatic rings. The van der Waals surface area contributed by atoms with Gasteiger partial charge in [0.2, 0.25) is 11.8 Å². The summed E-state index contributed by atoms with van der Waals surface area (Å²) in [7, 11) is -4.63. The molecule has 17 heteroatoms. The van der Waals surface area contributed by atoms with Crippen LogP contribution in [0.1, 0.15) is 62.5 Å². The summed E-state index contributed by atoms with van der Waals surface area (Å²) in [6, 6.07) is 3.29. The third-order valence-corrected chi connectivity index (χ3v) is 11.6. The maximum Gasteiger partial charge on any atom is 0.410 e. The Labute approximate surface area is 282 Å². The van der Waals surface area contributed by atoms with Gasteiger partial charge in [0, 0.05) is 36.9 Å². The number of carbonyl (C=O) groups is 4. The van der Waals surface area contributed by atoms with E-state index in [1.165, 1.54) is 9.80 Å². The van der Waals surface area contributed by atoms with Crippen LogP contribution in [-0.4, -0.2) is 95.6 Å². The number of nitrogens with two attached hydrogens (primary N) is 1. The molecule has 0 bridgehead atoms. The zero-order valence-corrected chi connectivity index (χ0v) is 27.8. The predicted molar refractivity (Wildman–Crippen MR) is 168 cm³/mol. The van der Waals surface area contributed by atoms with Crippen LogP contribution in [0.2, 0.25) is 5.02 Å². The summed E-state index contributed by atoms with van der Waals surface area (Å²) in [6.07, 6.45) is 4.64. The molecule has 262 valence electrons. The fraction of sp³-hybridized carbons (Fsp3) is 0.613. The number of alkyl halides is 2. The number of rotatable bonds is 4. The number of ether oxygens (including phenoxy) is 1. The second-order valence-electron chi connectivity index (χ2n) is 13.3. The summed E-state index contributed by atoms with van der Waals surface area (Å²) in [6.45, 7) is -1.12. The number of carbonyl (C=O) groups excluding carboxylic acids is 4. The fourth-order valence-electron chi connectivity index (χ4n) is 6.97. The van der Waals surface area contributed by atoms with E-state index in [1.54, 1.807) is 18.2 Å². The second kappa shape index (κ2) is 13.2. The fourth-order valence-corrected chi connectivity index (χ4v) is 8.46. The molecule has 0 radical (unpaired) electrons. The Bertz CT molecular complexity index is 1630. The van der Waals surface area contributed by atoms with Gasteiger partial charge >= 0.3 is 16.3 Å². The van der Waals surface area contributed by atoms with Crippen LogP contribution in [0.4, 0.5) is 13.6 Å². The third-order valence-electron chi connectivity index (χ3n) is 9.83. The standard InChI is InChI=1S/C31H39ClF2N6O7S/c32-23-9-6-7-19-15-38(17-22(19)23)29(44)47-21-13-25-26(41)36-31(28(43)37-48(45,46)39-12-11-30(33,34)18-39)14-20(31)8-4-2-1-3-5-10-24(35)27(42)40(25)16-21/h4,6-9,20-21,24-25H,1-3,5,10-18,35H2,(H,36,41)(H,37,43)/b8-4-/t20-,21+,24-,25-,31+/m0/s1. The van der Waals surface area contributed by atoms with Gasteiger partial charge in [-0.3, -0.25) is 19.3 Å². The SMILES string of the molecule is N[C@H]1CCCCC/C=C\[C@H]2C[C@@]2(C(=O)NS(=O)(=O)N2CCC(F)(F)C2)NC(=O)[C@@H]2C[C@@H](OC(=O)N3Cc4cccc(Cl)c4C3)CN2C1=O. The normalized spacial score (nSPS) is 31.5. The lowest BCUT2D eigenvalue weighted by Gasteiger charge is -2.28. The monoisotopic (exact) mass is 712 g/mol. The van der Waals surface area contributed by atoms with Crippen LogP contribution in [-0.2, 0) is 42.4 Å². The average molecular weight is 713 g/mol. The molecular formula is C31H39ClF2N6O7S. The van der Waals surface area contributed by atoms with E-state index in [9.17, 15) is 36.4 Å². The lowest BCUT2D eigenvalue weighted by Crippen LogP contribution is -2.58. The largest absolute Gasteiger partial charge is 0.444 e. The lowest BCUT2D eigenvalue weighted by molar-refractivity contribution is -0.140. The highest BCUT2D eigenvalue weighted by Gasteiger charge is 2.62. The van der Waals surface area contributed by atoms with Gasteiger partial charge in [-0.25, -0.2) is 18.3 Å². The summed E-state index contributed by atoms with van der Waals surface area (Å²) in [4.78, 5) is 57.0. The number of nitrogens with one attached hydrogen (secondary N) is 2. The van der Waals surface area contributed by atoms with Crippen molar-refractivity contribution in [1.29, 1.82) is 0 Å². The van der Waals surface area contributed by atoms with E-state index < -0.39 is 89.1 Å². The van der Waals surface area contributed by atoms with Crippen LogP contribution >= 0.6 is 11.6 Å². The summed E-state index contributed by atoms with van der Waals surface area (Å²) in [5, 5.41) is 3.22. The molecule has 1 saturated carbocycles. The number of allylic oxidation sites excluding steroid dienone is 1. The summed E-state index contributed by atoms with van der Waals surface area (Å²) in [5.74, 6) is -6.12. The van der Waals surface area contributed by atoms with Crippen LogP contribution in [0.15, 0.2) is 30.4 Å². The van der Waals surface area contributed by atoms with Gasteiger partial charge in [-0.1, -0.05) is 48.7 Å². The lowest BCUT2D eigenvalue weighted by atomic mass is 10.1. The molecule has 0 unspecified atom stereocenters. The molecule has 1 aromatic rings. The predicted octanol–water partition coefficient (Wildman–Crippen LogP) is 2.19. The minimum atomic E-state index is -4.63. The summed E-state index contributed by atoms with van der Waals surface area (Å²) < 4.78 is 61.6. The highest BCUT2D eigenvalue weighted by Crippen LogP contribution is 2.46. The molecule has 3 fully saturated rings. The first-order valence-electron chi connectivity index (χ1n) is 16.2. The quantitative estimate of drug-likeness (QED) is 0.399. The molecular weight excluding hydrogens is 674 g/mol. The molecule has 13 nitrogen and oxygen atoms in total. The van der Waals surface area contributed by atoms with E-state index in [0.29, 0.717) is 28.6 Å². The van der Waals surface area contributed by atoms with Crippen molar-refractivity contribution in [2.75, 3.05) is 19.6 Å². The molecule has 48 heavy (non-hydrogen) atoms. The molecule has 4 N–H and O–H groups in total. The van der Waals surface area contributed by atoms with E-state index >= 15 is 0 Å². The van der Waals surface area contributed by atoms with E-state index in [4.69, 9.17) is 22.1 Å². The number of benzene rings is 1. The summed E-state index contributed by atoms with van der Waals surface area (Å²) >= 11 is 6.30.